The lowest BCUT2D eigenvalue weighted by Gasteiger charge is -2.10. The molecule has 0 aliphatic carbocycles. The van der Waals surface area contributed by atoms with E-state index in [9.17, 15) is 4.79 Å². The fourth-order valence-corrected chi connectivity index (χ4v) is 2.03. The highest BCUT2D eigenvalue weighted by molar-refractivity contribution is 5.95. The zero-order valence-electron chi connectivity index (χ0n) is 12.9. The highest BCUT2D eigenvalue weighted by Gasteiger charge is 2.02. The summed E-state index contributed by atoms with van der Waals surface area (Å²) in [6.07, 6.45) is 3.52. The van der Waals surface area contributed by atoms with Crippen molar-refractivity contribution < 1.29 is 4.79 Å². The van der Waals surface area contributed by atoms with Gasteiger partial charge in [0.05, 0.1) is 6.54 Å². The topological polar surface area (TPSA) is 92.4 Å². The minimum absolute atomic E-state index is 0.391. The molecular formula is C17H21N5O. The Labute approximate surface area is 135 Å². The Hall–Kier alpha value is -2.89. The monoisotopic (exact) mass is 311 g/mol. The molecule has 1 heterocycles. The average Bonchev–Trinajstić information content (AvgIpc) is 2.58. The smallest absolute Gasteiger partial charge is 0.318 e. The number of aliphatic imine (C=N–C) groups is 1. The Bertz CT molecular complexity index is 628. The Morgan fingerprint density at radius 2 is 1.91 bits per heavy atom. The molecule has 0 saturated heterocycles. The van der Waals surface area contributed by atoms with Gasteiger partial charge < -0.3 is 11.1 Å². The molecule has 6 nitrogen and oxygen atoms in total. The third-order valence-electron chi connectivity index (χ3n) is 3.13. The van der Waals surface area contributed by atoms with Gasteiger partial charge in [0.25, 0.3) is 0 Å². The van der Waals surface area contributed by atoms with E-state index in [0.29, 0.717) is 19.0 Å². The van der Waals surface area contributed by atoms with Gasteiger partial charge in [0.1, 0.15) is 0 Å². The van der Waals surface area contributed by atoms with Crippen molar-refractivity contribution in [1.29, 1.82) is 0 Å². The van der Waals surface area contributed by atoms with Gasteiger partial charge in [-0.2, -0.15) is 0 Å². The van der Waals surface area contributed by atoms with E-state index in [2.05, 4.69) is 20.6 Å². The molecule has 0 saturated carbocycles. The number of amides is 2. The number of nitrogens with two attached hydrogens (primary N) is 1. The van der Waals surface area contributed by atoms with Crippen molar-refractivity contribution in [1.82, 2.24) is 15.6 Å². The van der Waals surface area contributed by atoms with Crippen LogP contribution in [0.4, 0.5) is 4.79 Å². The van der Waals surface area contributed by atoms with Crippen LogP contribution >= 0.6 is 0 Å². The van der Waals surface area contributed by atoms with Crippen LogP contribution in [0.2, 0.25) is 0 Å². The summed E-state index contributed by atoms with van der Waals surface area (Å²) in [5, 5.41) is 5.61. The summed E-state index contributed by atoms with van der Waals surface area (Å²) < 4.78 is 0. The Kier molecular flexibility index (Phi) is 6.59. The maximum absolute atomic E-state index is 11.1. The fourth-order valence-electron chi connectivity index (χ4n) is 2.03. The van der Waals surface area contributed by atoms with Gasteiger partial charge in [-0.1, -0.05) is 36.4 Å². The van der Waals surface area contributed by atoms with E-state index in [1.165, 1.54) is 0 Å². The van der Waals surface area contributed by atoms with Gasteiger partial charge in [-0.3, -0.25) is 10.3 Å². The highest BCUT2D eigenvalue weighted by atomic mass is 16.2. The van der Waals surface area contributed by atoms with Crippen LogP contribution in [0.5, 0.6) is 0 Å². The summed E-state index contributed by atoms with van der Waals surface area (Å²) in [4.78, 5) is 19.7. The number of aryl methyl sites for hydroxylation is 1. The molecule has 1 aromatic carbocycles. The van der Waals surface area contributed by atoms with Crippen LogP contribution in [0.3, 0.4) is 0 Å². The van der Waals surface area contributed by atoms with E-state index < -0.39 is 6.03 Å². The van der Waals surface area contributed by atoms with Crippen LogP contribution in [0.15, 0.2) is 59.7 Å². The fraction of sp³-hybridized carbons (Fsp3) is 0.235. The second-order valence-electron chi connectivity index (χ2n) is 4.99. The lowest BCUT2D eigenvalue weighted by Crippen LogP contribution is -2.44. The first-order valence-corrected chi connectivity index (χ1v) is 7.52. The van der Waals surface area contributed by atoms with E-state index in [-0.39, 0.29) is 0 Å². The van der Waals surface area contributed by atoms with Gasteiger partial charge >= 0.3 is 6.03 Å². The minimum atomic E-state index is -0.631. The largest absolute Gasteiger partial charge is 0.356 e. The first-order valence-electron chi connectivity index (χ1n) is 7.52. The van der Waals surface area contributed by atoms with Crippen LogP contribution in [0.25, 0.3) is 0 Å². The summed E-state index contributed by atoms with van der Waals surface area (Å²) in [5.74, 6) is 0.391. The predicted molar refractivity (Wildman–Crippen MR) is 90.9 cm³/mol. The predicted octanol–water partition coefficient (Wildman–Crippen LogP) is 1.83. The van der Waals surface area contributed by atoms with Crippen molar-refractivity contribution in [3.05, 3.63) is 66.0 Å². The quantitative estimate of drug-likeness (QED) is 0.432. The normalized spacial score (nSPS) is 11.0. The Morgan fingerprint density at radius 1 is 1.13 bits per heavy atom. The number of primary amides is 1. The average molecular weight is 311 g/mol. The first kappa shape index (κ1) is 16.5. The molecule has 4 N–H and O–H groups in total. The van der Waals surface area contributed by atoms with Gasteiger partial charge in [-0.25, -0.2) is 9.79 Å². The van der Waals surface area contributed by atoms with E-state index in [0.717, 1.165) is 24.1 Å². The Balaban J connectivity index is 1.82. The molecule has 0 unspecified atom stereocenters. The molecule has 1 aromatic heterocycles. The second-order valence-corrected chi connectivity index (χ2v) is 4.99. The van der Waals surface area contributed by atoms with E-state index >= 15 is 0 Å². The number of pyridine rings is 1. The number of urea groups is 1. The standard InChI is InChI=1S/C17H21N5O/c18-16(23)22-17(21-13-14-7-2-1-3-8-14)20-12-6-10-15-9-4-5-11-19-15/h1-5,7-9,11H,6,10,12-13H2,(H4,18,20,21,22,23). The van der Waals surface area contributed by atoms with Gasteiger partial charge in [-0.15, -0.1) is 0 Å². The number of guanidine groups is 1. The number of aromatic nitrogens is 1. The number of nitrogens with one attached hydrogen (secondary N) is 2. The highest BCUT2D eigenvalue weighted by Crippen LogP contribution is 2.00. The number of rotatable bonds is 6. The van der Waals surface area contributed by atoms with E-state index in [1.807, 2.05) is 48.5 Å². The number of hydrogen-bond donors (Lipinski definition) is 3. The molecule has 0 fully saturated rings. The van der Waals surface area contributed by atoms with Crippen LogP contribution in [0, 0.1) is 0 Å². The van der Waals surface area contributed by atoms with E-state index in [4.69, 9.17) is 5.73 Å². The molecule has 0 aliphatic rings. The summed E-state index contributed by atoms with van der Waals surface area (Å²) >= 11 is 0. The molecule has 0 spiro atoms. The van der Waals surface area contributed by atoms with Crippen molar-refractivity contribution in [2.24, 2.45) is 10.7 Å². The van der Waals surface area contributed by atoms with Crippen LogP contribution in [-0.2, 0) is 13.0 Å². The van der Waals surface area contributed by atoms with Crippen LogP contribution in [-0.4, -0.2) is 23.5 Å². The zero-order valence-corrected chi connectivity index (χ0v) is 12.9. The molecule has 23 heavy (non-hydrogen) atoms. The second kappa shape index (κ2) is 9.19. The van der Waals surface area contributed by atoms with Crippen molar-refractivity contribution >= 4 is 12.0 Å². The molecule has 0 atom stereocenters. The van der Waals surface area contributed by atoms with Gasteiger partial charge in [0, 0.05) is 18.4 Å². The molecule has 6 heteroatoms. The molecule has 0 radical (unpaired) electrons. The number of carbonyl (C=O) groups excluding carboxylic acids is 1. The molecule has 2 aromatic rings. The van der Waals surface area contributed by atoms with Crippen molar-refractivity contribution in [2.75, 3.05) is 6.54 Å². The molecule has 120 valence electrons. The molecule has 2 rings (SSSR count). The maximum atomic E-state index is 11.1. The van der Waals surface area contributed by atoms with Crippen molar-refractivity contribution in [2.45, 2.75) is 19.4 Å². The van der Waals surface area contributed by atoms with Crippen LogP contribution in [0.1, 0.15) is 17.7 Å². The van der Waals surface area contributed by atoms with Crippen LogP contribution < -0.4 is 16.4 Å². The number of hydrogen-bond acceptors (Lipinski definition) is 3. The third kappa shape index (κ3) is 6.60. The van der Waals surface area contributed by atoms with Gasteiger partial charge in [0.2, 0.25) is 0 Å². The number of benzene rings is 1. The summed E-state index contributed by atoms with van der Waals surface area (Å²) in [6, 6.07) is 15.0. The van der Waals surface area contributed by atoms with Crippen molar-refractivity contribution in [3.63, 3.8) is 0 Å². The lowest BCUT2D eigenvalue weighted by molar-refractivity contribution is 0.253. The lowest BCUT2D eigenvalue weighted by atomic mass is 10.2. The SMILES string of the molecule is NC(=O)NC(=NCc1ccccc1)NCCCc1ccccn1. The summed E-state index contributed by atoms with van der Waals surface area (Å²) in [7, 11) is 0. The molecule has 0 bridgehead atoms. The third-order valence-corrected chi connectivity index (χ3v) is 3.13. The van der Waals surface area contributed by atoms with Gasteiger partial charge in [-0.05, 0) is 30.5 Å². The minimum Gasteiger partial charge on any atom is -0.356 e. The van der Waals surface area contributed by atoms with E-state index in [1.54, 1.807) is 6.20 Å². The van der Waals surface area contributed by atoms with Gasteiger partial charge in [0.15, 0.2) is 5.96 Å². The first-order chi connectivity index (χ1) is 11.2. The number of nitrogens with zero attached hydrogens (tertiary/aromatic N) is 2. The molecular weight excluding hydrogens is 290 g/mol. The Morgan fingerprint density at radius 3 is 2.61 bits per heavy atom. The molecule has 2 amide bonds. The zero-order chi connectivity index (χ0) is 16.3. The number of carbonyl (C=O) groups is 1. The summed E-state index contributed by atoms with van der Waals surface area (Å²) in [6.45, 7) is 1.15. The summed E-state index contributed by atoms with van der Waals surface area (Å²) in [5.41, 5.74) is 7.28. The maximum Gasteiger partial charge on any atom is 0.318 e. The van der Waals surface area contributed by atoms with Crippen molar-refractivity contribution in [3.8, 4) is 0 Å². The molecule has 0 aliphatic heterocycles.